The van der Waals surface area contributed by atoms with Crippen LogP contribution in [0.3, 0.4) is 0 Å². The quantitative estimate of drug-likeness (QED) is 0.908. The summed E-state index contributed by atoms with van der Waals surface area (Å²) >= 11 is 0. The van der Waals surface area contributed by atoms with Gasteiger partial charge in [-0.05, 0) is 25.0 Å². The van der Waals surface area contributed by atoms with Gasteiger partial charge in [0.1, 0.15) is 17.5 Å². The highest BCUT2D eigenvalue weighted by molar-refractivity contribution is 5.88. The van der Waals surface area contributed by atoms with Crippen LogP contribution in [-0.4, -0.2) is 46.8 Å². The molecule has 1 aromatic carbocycles. The van der Waals surface area contributed by atoms with E-state index >= 15 is 0 Å². The van der Waals surface area contributed by atoms with Crippen molar-refractivity contribution in [1.29, 1.82) is 0 Å². The Hall–Kier alpha value is -2.18. The van der Waals surface area contributed by atoms with Gasteiger partial charge in [-0.25, -0.2) is 0 Å². The molecular weight excluding hydrogens is 330 g/mol. The van der Waals surface area contributed by atoms with Crippen LogP contribution in [0.4, 0.5) is 0 Å². The summed E-state index contributed by atoms with van der Waals surface area (Å²) in [6, 6.07) is 10.1. The van der Waals surface area contributed by atoms with Crippen molar-refractivity contribution in [2.24, 2.45) is 0 Å². The van der Waals surface area contributed by atoms with E-state index in [2.05, 4.69) is 41.4 Å². The Morgan fingerprint density at radius 2 is 1.85 bits per heavy atom. The minimum atomic E-state index is -0.570. The van der Waals surface area contributed by atoms with E-state index in [1.165, 1.54) is 17.4 Å². The molecule has 26 heavy (non-hydrogen) atoms. The van der Waals surface area contributed by atoms with Crippen LogP contribution < -0.4 is 5.32 Å². The zero-order valence-electron chi connectivity index (χ0n) is 15.3. The summed E-state index contributed by atoms with van der Waals surface area (Å²) in [6.45, 7) is 6.05. The van der Waals surface area contributed by atoms with Crippen LogP contribution in [0.15, 0.2) is 41.1 Å². The zero-order chi connectivity index (χ0) is 18.1. The van der Waals surface area contributed by atoms with Crippen LogP contribution in [0.2, 0.25) is 0 Å². The van der Waals surface area contributed by atoms with Crippen molar-refractivity contribution in [3.05, 3.63) is 53.4 Å². The standard InChI is InChI=1S/C20H25N3O3/c1-14-12-23(13-15(2)26-14)20(9-16-5-3-4-6-17(16)10-20)19(24)21-11-18-7-8-25-22-18/h3-8,14-15H,9-13H2,1-2H3,(H,21,24)/t14-,15+. The Bertz CT molecular complexity index is 739. The summed E-state index contributed by atoms with van der Waals surface area (Å²) in [5.74, 6) is 0.0537. The Labute approximate surface area is 153 Å². The molecule has 1 fully saturated rings. The third-order valence-corrected chi connectivity index (χ3v) is 5.45. The minimum absolute atomic E-state index is 0.0537. The topological polar surface area (TPSA) is 67.6 Å². The lowest BCUT2D eigenvalue weighted by Gasteiger charge is -2.45. The van der Waals surface area contributed by atoms with Crippen LogP contribution in [0.1, 0.15) is 30.7 Å². The largest absolute Gasteiger partial charge is 0.373 e. The molecule has 2 aliphatic rings. The van der Waals surface area contributed by atoms with Crippen LogP contribution >= 0.6 is 0 Å². The molecule has 2 heterocycles. The van der Waals surface area contributed by atoms with Gasteiger partial charge in [0.15, 0.2) is 0 Å². The normalized spacial score (nSPS) is 25.0. The first kappa shape index (κ1) is 17.2. The number of ether oxygens (including phenoxy) is 1. The van der Waals surface area contributed by atoms with E-state index in [-0.39, 0.29) is 18.1 Å². The van der Waals surface area contributed by atoms with Crippen LogP contribution in [0.25, 0.3) is 0 Å². The van der Waals surface area contributed by atoms with Crippen LogP contribution in [0.5, 0.6) is 0 Å². The monoisotopic (exact) mass is 355 g/mol. The summed E-state index contributed by atoms with van der Waals surface area (Å²) < 4.78 is 10.8. The molecule has 0 unspecified atom stereocenters. The zero-order valence-corrected chi connectivity index (χ0v) is 15.3. The number of carbonyl (C=O) groups is 1. The second-order valence-electron chi connectivity index (χ2n) is 7.49. The molecule has 0 bridgehead atoms. The molecule has 1 N–H and O–H groups in total. The fraction of sp³-hybridized carbons (Fsp3) is 0.500. The van der Waals surface area contributed by atoms with Gasteiger partial charge < -0.3 is 14.6 Å². The number of carbonyl (C=O) groups excluding carboxylic acids is 1. The molecule has 4 rings (SSSR count). The predicted molar refractivity (Wildman–Crippen MR) is 96.5 cm³/mol. The summed E-state index contributed by atoms with van der Waals surface area (Å²) in [4.78, 5) is 15.7. The number of fused-ring (bicyclic) bond motifs is 1. The third-order valence-electron chi connectivity index (χ3n) is 5.45. The number of rotatable bonds is 4. The van der Waals surface area contributed by atoms with Gasteiger partial charge in [-0.15, -0.1) is 0 Å². The van der Waals surface area contributed by atoms with Crippen molar-refractivity contribution in [1.82, 2.24) is 15.4 Å². The van der Waals surface area contributed by atoms with Crippen molar-refractivity contribution in [2.45, 2.75) is 51.0 Å². The minimum Gasteiger partial charge on any atom is -0.373 e. The van der Waals surface area contributed by atoms with Gasteiger partial charge in [0.2, 0.25) is 5.91 Å². The average molecular weight is 355 g/mol. The number of hydrogen-bond donors (Lipinski definition) is 1. The summed E-state index contributed by atoms with van der Waals surface area (Å²) in [5.41, 5.74) is 2.68. The predicted octanol–water partition coefficient (Wildman–Crippen LogP) is 1.94. The maximum atomic E-state index is 13.4. The van der Waals surface area contributed by atoms with E-state index in [1.54, 1.807) is 6.07 Å². The lowest BCUT2D eigenvalue weighted by Crippen LogP contribution is -2.64. The van der Waals surface area contributed by atoms with Crippen LogP contribution in [-0.2, 0) is 28.9 Å². The molecule has 0 radical (unpaired) electrons. The van der Waals surface area contributed by atoms with Crippen molar-refractivity contribution < 1.29 is 14.1 Å². The first-order valence-corrected chi connectivity index (χ1v) is 9.22. The molecule has 2 atom stereocenters. The molecule has 2 aromatic rings. The van der Waals surface area contributed by atoms with E-state index in [1.807, 2.05) is 12.1 Å². The Morgan fingerprint density at radius 3 is 2.42 bits per heavy atom. The third kappa shape index (κ3) is 3.15. The smallest absolute Gasteiger partial charge is 0.241 e. The molecule has 1 amide bonds. The lowest BCUT2D eigenvalue weighted by atomic mass is 9.90. The number of nitrogens with one attached hydrogen (secondary N) is 1. The Kier molecular flexibility index (Phi) is 4.54. The molecule has 1 saturated heterocycles. The van der Waals surface area contributed by atoms with Gasteiger partial charge in [-0.2, -0.15) is 0 Å². The summed E-state index contributed by atoms with van der Waals surface area (Å²) in [5, 5.41) is 6.98. The van der Waals surface area contributed by atoms with E-state index < -0.39 is 5.54 Å². The van der Waals surface area contributed by atoms with Crippen molar-refractivity contribution in [3.63, 3.8) is 0 Å². The van der Waals surface area contributed by atoms with E-state index in [0.29, 0.717) is 6.54 Å². The highest BCUT2D eigenvalue weighted by atomic mass is 16.5. The number of nitrogens with zero attached hydrogens (tertiary/aromatic N) is 2. The summed E-state index contributed by atoms with van der Waals surface area (Å²) in [6.07, 6.45) is 3.21. The number of amides is 1. The Balaban J connectivity index is 1.61. The second kappa shape index (κ2) is 6.85. The fourth-order valence-corrected chi connectivity index (χ4v) is 4.31. The van der Waals surface area contributed by atoms with Crippen molar-refractivity contribution in [2.75, 3.05) is 13.1 Å². The average Bonchev–Trinajstić information content (AvgIpc) is 3.26. The SMILES string of the molecule is C[C@@H]1CN(C2(C(=O)NCc3ccon3)Cc3ccccc3C2)C[C@H](C)O1. The molecule has 6 heteroatoms. The lowest BCUT2D eigenvalue weighted by molar-refractivity contribution is -0.144. The number of benzene rings is 1. The van der Waals surface area contributed by atoms with E-state index in [9.17, 15) is 4.79 Å². The molecule has 1 aliphatic carbocycles. The first-order chi connectivity index (χ1) is 12.6. The van der Waals surface area contributed by atoms with Gasteiger partial charge in [-0.1, -0.05) is 29.4 Å². The van der Waals surface area contributed by atoms with Crippen molar-refractivity contribution in [3.8, 4) is 0 Å². The first-order valence-electron chi connectivity index (χ1n) is 9.22. The molecule has 0 spiro atoms. The molecule has 1 aromatic heterocycles. The molecule has 1 aliphatic heterocycles. The van der Waals surface area contributed by atoms with Gasteiger partial charge in [0.25, 0.3) is 0 Å². The van der Waals surface area contributed by atoms with Gasteiger partial charge in [0.05, 0.1) is 18.8 Å². The van der Waals surface area contributed by atoms with E-state index in [0.717, 1.165) is 31.6 Å². The van der Waals surface area contributed by atoms with E-state index in [4.69, 9.17) is 9.26 Å². The number of morpholine rings is 1. The van der Waals surface area contributed by atoms with Crippen molar-refractivity contribution >= 4 is 5.91 Å². The molecule has 0 saturated carbocycles. The number of hydrogen-bond acceptors (Lipinski definition) is 5. The second-order valence-corrected chi connectivity index (χ2v) is 7.49. The molecule has 138 valence electrons. The summed E-state index contributed by atoms with van der Waals surface area (Å²) in [7, 11) is 0. The molecular formula is C20H25N3O3. The van der Waals surface area contributed by atoms with Gasteiger partial charge in [-0.3, -0.25) is 9.69 Å². The highest BCUT2D eigenvalue weighted by Gasteiger charge is 2.49. The maximum Gasteiger partial charge on any atom is 0.241 e. The van der Waals surface area contributed by atoms with Gasteiger partial charge in [0, 0.05) is 32.0 Å². The Morgan fingerprint density at radius 1 is 1.19 bits per heavy atom. The fourth-order valence-electron chi connectivity index (χ4n) is 4.31. The van der Waals surface area contributed by atoms with Gasteiger partial charge >= 0.3 is 0 Å². The highest BCUT2D eigenvalue weighted by Crippen LogP contribution is 2.36. The molecule has 6 nitrogen and oxygen atoms in total. The number of aromatic nitrogens is 1. The van der Waals surface area contributed by atoms with Crippen LogP contribution in [0, 0.1) is 0 Å². The maximum absolute atomic E-state index is 13.4.